The van der Waals surface area contributed by atoms with Crippen LogP contribution in [-0.4, -0.2) is 23.2 Å². The Morgan fingerprint density at radius 3 is 2.64 bits per heavy atom. The van der Waals surface area contributed by atoms with E-state index in [9.17, 15) is 0 Å². The lowest BCUT2D eigenvalue weighted by molar-refractivity contribution is 0.482. The van der Waals surface area contributed by atoms with Gasteiger partial charge < -0.3 is 5.73 Å². The van der Waals surface area contributed by atoms with Gasteiger partial charge in [-0.25, -0.2) is 5.01 Å². The van der Waals surface area contributed by atoms with E-state index in [0.29, 0.717) is 6.54 Å². The lowest BCUT2D eigenvalue weighted by Gasteiger charge is -2.08. The van der Waals surface area contributed by atoms with E-state index in [1.807, 2.05) is 30.3 Å². The molecule has 4 nitrogen and oxygen atoms in total. The summed E-state index contributed by atoms with van der Waals surface area (Å²) in [5, 5.41) is 13.0. The van der Waals surface area contributed by atoms with E-state index in [1.54, 1.807) is 0 Å². The van der Waals surface area contributed by atoms with Crippen LogP contribution in [0.25, 0.3) is 0 Å². The Kier molecular flexibility index (Phi) is 2.18. The van der Waals surface area contributed by atoms with Crippen molar-refractivity contribution in [3.05, 3.63) is 35.9 Å². The van der Waals surface area contributed by atoms with Gasteiger partial charge in [0.05, 0.1) is 12.3 Å². The van der Waals surface area contributed by atoms with Crippen molar-refractivity contribution >= 4 is 11.7 Å². The molecule has 1 aromatic carbocycles. The standard InChI is InChI=1S/C10H12N4/c11-10(12)14-7-6-9(13-14)8-4-2-1-3-5-8/h1-5H,6-7H2,(H3,11,12). The molecule has 0 radical (unpaired) electrons. The van der Waals surface area contributed by atoms with E-state index >= 15 is 0 Å². The fraction of sp³-hybridized carbons (Fsp3) is 0.200. The molecular weight excluding hydrogens is 176 g/mol. The quantitative estimate of drug-likeness (QED) is 0.510. The van der Waals surface area contributed by atoms with Gasteiger partial charge in [-0.2, -0.15) is 5.10 Å². The highest BCUT2D eigenvalue weighted by Gasteiger charge is 2.16. The first-order valence-electron chi connectivity index (χ1n) is 4.52. The molecule has 0 atom stereocenters. The smallest absolute Gasteiger partial charge is 0.209 e. The molecule has 2 rings (SSSR count). The summed E-state index contributed by atoms with van der Waals surface area (Å²) in [6.07, 6.45) is 0.851. The zero-order valence-electron chi connectivity index (χ0n) is 7.77. The van der Waals surface area contributed by atoms with Gasteiger partial charge in [0.25, 0.3) is 0 Å². The molecule has 1 aliphatic rings. The molecule has 1 heterocycles. The lowest BCUT2D eigenvalue weighted by Crippen LogP contribution is -2.29. The van der Waals surface area contributed by atoms with Gasteiger partial charge in [-0.15, -0.1) is 0 Å². The number of rotatable bonds is 1. The molecule has 0 fully saturated rings. The van der Waals surface area contributed by atoms with Gasteiger partial charge in [0.15, 0.2) is 0 Å². The molecule has 0 unspecified atom stereocenters. The Labute approximate surface area is 82.5 Å². The third-order valence-electron chi connectivity index (χ3n) is 2.19. The Morgan fingerprint density at radius 1 is 1.36 bits per heavy atom. The van der Waals surface area contributed by atoms with E-state index < -0.39 is 0 Å². The molecule has 0 saturated carbocycles. The zero-order valence-corrected chi connectivity index (χ0v) is 7.77. The van der Waals surface area contributed by atoms with Crippen molar-refractivity contribution in [1.82, 2.24) is 5.01 Å². The van der Waals surface area contributed by atoms with Crippen LogP contribution in [0.15, 0.2) is 35.4 Å². The molecule has 0 amide bonds. The number of guanidine groups is 1. The van der Waals surface area contributed by atoms with Crippen molar-refractivity contribution in [3.63, 3.8) is 0 Å². The Hall–Kier alpha value is -1.84. The maximum Gasteiger partial charge on any atom is 0.209 e. The molecule has 1 aromatic rings. The molecule has 0 bridgehead atoms. The van der Waals surface area contributed by atoms with Crippen LogP contribution in [0.3, 0.4) is 0 Å². The number of nitrogens with two attached hydrogens (primary N) is 1. The zero-order chi connectivity index (χ0) is 9.97. The summed E-state index contributed by atoms with van der Waals surface area (Å²) in [5.41, 5.74) is 7.45. The van der Waals surface area contributed by atoms with Gasteiger partial charge >= 0.3 is 0 Å². The highest BCUT2D eigenvalue weighted by Crippen LogP contribution is 2.12. The predicted molar refractivity (Wildman–Crippen MR) is 56.2 cm³/mol. The molecular formula is C10H12N4. The average molecular weight is 188 g/mol. The first-order valence-corrected chi connectivity index (χ1v) is 4.52. The topological polar surface area (TPSA) is 65.5 Å². The molecule has 0 aromatic heterocycles. The largest absolute Gasteiger partial charge is 0.369 e. The molecule has 3 N–H and O–H groups in total. The first kappa shape index (κ1) is 8.74. The summed E-state index contributed by atoms with van der Waals surface area (Å²) in [6.45, 7) is 0.708. The van der Waals surface area contributed by atoms with Crippen LogP contribution >= 0.6 is 0 Å². The van der Waals surface area contributed by atoms with Gasteiger partial charge in [0, 0.05) is 6.42 Å². The number of nitrogens with zero attached hydrogens (tertiary/aromatic N) is 2. The summed E-state index contributed by atoms with van der Waals surface area (Å²) in [6, 6.07) is 9.97. The van der Waals surface area contributed by atoms with E-state index in [2.05, 4.69) is 5.10 Å². The molecule has 1 aliphatic heterocycles. The van der Waals surface area contributed by atoms with Gasteiger partial charge in [0.1, 0.15) is 0 Å². The maximum absolute atomic E-state index is 7.24. The lowest BCUT2D eigenvalue weighted by atomic mass is 10.1. The third kappa shape index (κ3) is 1.59. The van der Waals surface area contributed by atoms with E-state index in [-0.39, 0.29) is 5.96 Å². The number of hydrogen-bond acceptors (Lipinski definition) is 2. The normalized spacial score (nSPS) is 15.4. The minimum absolute atomic E-state index is 0.0101. The van der Waals surface area contributed by atoms with Crippen LogP contribution < -0.4 is 5.73 Å². The minimum atomic E-state index is 0.0101. The minimum Gasteiger partial charge on any atom is -0.369 e. The fourth-order valence-electron chi connectivity index (χ4n) is 1.46. The highest BCUT2D eigenvalue weighted by atomic mass is 15.5. The Morgan fingerprint density at radius 2 is 2.07 bits per heavy atom. The molecule has 14 heavy (non-hydrogen) atoms. The summed E-state index contributed by atoms with van der Waals surface area (Å²) >= 11 is 0. The van der Waals surface area contributed by atoms with Gasteiger partial charge in [0.2, 0.25) is 5.96 Å². The number of hydrogen-bond donors (Lipinski definition) is 2. The molecule has 72 valence electrons. The van der Waals surface area contributed by atoms with Crippen molar-refractivity contribution in [2.24, 2.45) is 10.8 Å². The van der Waals surface area contributed by atoms with Crippen molar-refractivity contribution < 1.29 is 0 Å². The van der Waals surface area contributed by atoms with E-state index in [4.69, 9.17) is 11.1 Å². The Balaban J connectivity index is 2.22. The van der Waals surface area contributed by atoms with E-state index in [0.717, 1.165) is 17.7 Å². The summed E-state index contributed by atoms with van der Waals surface area (Å²) in [4.78, 5) is 0. The van der Waals surface area contributed by atoms with Crippen LogP contribution in [0.1, 0.15) is 12.0 Å². The molecule has 0 aliphatic carbocycles. The predicted octanol–water partition coefficient (Wildman–Crippen LogP) is 0.990. The third-order valence-corrected chi connectivity index (χ3v) is 2.19. The van der Waals surface area contributed by atoms with Crippen LogP contribution in [0.5, 0.6) is 0 Å². The number of nitrogens with one attached hydrogen (secondary N) is 1. The highest BCUT2D eigenvalue weighted by molar-refractivity contribution is 6.02. The van der Waals surface area contributed by atoms with Crippen LogP contribution in [0.4, 0.5) is 0 Å². The fourth-order valence-corrected chi connectivity index (χ4v) is 1.46. The number of hydrazone groups is 1. The summed E-state index contributed by atoms with van der Waals surface area (Å²) in [7, 11) is 0. The van der Waals surface area contributed by atoms with Crippen molar-refractivity contribution in [3.8, 4) is 0 Å². The molecule has 4 heteroatoms. The average Bonchev–Trinajstić information content (AvgIpc) is 2.68. The van der Waals surface area contributed by atoms with Gasteiger partial charge in [-0.1, -0.05) is 30.3 Å². The Bertz CT molecular complexity index is 369. The van der Waals surface area contributed by atoms with Crippen molar-refractivity contribution in [1.29, 1.82) is 5.41 Å². The maximum atomic E-state index is 7.24. The van der Waals surface area contributed by atoms with Gasteiger partial charge in [-0.3, -0.25) is 5.41 Å². The second kappa shape index (κ2) is 3.49. The van der Waals surface area contributed by atoms with Crippen molar-refractivity contribution in [2.75, 3.05) is 6.54 Å². The van der Waals surface area contributed by atoms with Crippen LogP contribution in [0, 0.1) is 5.41 Å². The van der Waals surface area contributed by atoms with Crippen LogP contribution in [-0.2, 0) is 0 Å². The van der Waals surface area contributed by atoms with E-state index in [1.165, 1.54) is 5.01 Å². The van der Waals surface area contributed by atoms with Gasteiger partial charge in [-0.05, 0) is 5.56 Å². The van der Waals surface area contributed by atoms with Crippen LogP contribution in [0.2, 0.25) is 0 Å². The number of benzene rings is 1. The second-order valence-electron chi connectivity index (χ2n) is 3.17. The monoisotopic (exact) mass is 188 g/mol. The molecule has 0 spiro atoms. The second-order valence-corrected chi connectivity index (χ2v) is 3.17. The first-order chi connectivity index (χ1) is 6.77. The summed E-state index contributed by atoms with van der Waals surface area (Å²) < 4.78 is 0. The SMILES string of the molecule is N=C(N)N1CCC(c2ccccc2)=N1. The van der Waals surface area contributed by atoms with Crippen molar-refractivity contribution in [2.45, 2.75) is 6.42 Å². The molecule has 0 saturated heterocycles. The summed E-state index contributed by atoms with van der Waals surface area (Å²) in [5.74, 6) is 0.0101.